The predicted molar refractivity (Wildman–Crippen MR) is 108 cm³/mol. The summed E-state index contributed by atoms with van der Waals surface area (Å²) in [5, 5.41) is 6.85. The lowest BCUT2D eigenvalue weighted by atomic mass is 10.2. The maximum Gasteiger partial charge on any atom is 0.218 e. The first kappa shape index (κ1) is 18.8. The fraction of sp³-hybridized carbons (Fsp3) is 0.400. The number of aromatic nitrogens is 1. The number of para-hydroxylation sites is 2. The monoisotopic (exact) mass is 369 g/mol. The highest BCUT2D eigenvalue weighted by molar-refractivity contribution is 5.80. The second kappa shape index (κ2) is 9.12. The van der Waals surface area contributed by atoms with E-state index in [1.54, 1.807) is 27.5 Å². The van der Waals surface area contributed by atoms with Crippen molar-refractivity contribution in [2.24, 2.45) is 4.99 Å². The summed E-state index contributed by atoms with van der Waals surface area (Å²) in [6.45, 7) is 2.47. The molecule has 2 aromatic rings. The Morgan fingerprint density at radius 1 is 1.22 bits per heavy atom. The Morgan fingerprint density at radius 3 is 2.85 bits per heavy atom. The van der Waals surface area contributed by atoms with Gasteiger partial charge in [-0.15, -0.1) is 0 Å². The Kier molecular flexibility index (Phi) is 6.35. The molecule has 1 saturated heterocycles. The molecule has 1 aliphatic heterocycles. The second-order valence-electron chi connectivity index (χ2n) is 6.35. The summed E-state index contributed by atoms with van der Waals surface area (Å²) in [7, 11) is 5.12. The van der Waals surface area contributed by atoms with Crippen LogP contribution in [0.3, 0.4) is 0 Å². The van der Waals surface area contributed by atoms with Crippen molar-refractivity contribution < 1.29 is 9.47 Å². The number of anilines is 1. The van der Waals surface area contributed by atoms with Gasteiger partial charge in [-0.25, -0.2) is 4.98 Å². The first-order valence-electron chi connectivity index (χ1n) is 9.08. The minimum absolute atomic E-state index is 0.317. The van der Waals surface area contributed by atoms with Crippen LogP contribution >= 0.6 is 0 Å². The van der Waals surface area contributed by atoms with Crippen LogP contribution in [0.2, 0.25) is 0 Å². The van der Waals surface area contributed by atoms with E-state index in [4.69, 9.17) is 9.47 Å². The number of benzene rings is 1. The number of nitrogens with zero attached hydrogens (tertiary/aromatic N) is 3. The molecule has 0 spiro atoms. The first-order chi connectivity index (χ1) is 13.2. The number of methoxy groups -OCH3 is 2. The van der Waals surface area contributed by atoms with Gasteiger partial charge >= 0.3 is 0 Å². The number of aliphatic imine (C=N–C) groups is 1. The largest absolute Gasteiger partial charge is 0.495 e. The van der Waals surface area contributed by atoms with Gasteiger partial charge in [-0.1, -0.05) is 18.2 Å². The number of pyridine rings is 1. The number of rotatable bonds is 6. The van der Waals surface area contributed by atoms with Gasteiger partial charge in [0.2, 0.25) is 5.88 Å². The van der Waals surface area contributed by atoms with Crippen molar-refractivity contribution in [2.75, 3.05) is 39.3 Å². The molecule has 0 aliphatic carbocycles. The molecule has 0 saturated carbocycles. The molecule has 2 heterocycles. The van der Waals surface area contributed by atoms with E-state index in [-0.39, 0.29) is 0 Å². The van der Waals surface area contributed by atoms with Gasteiger partial charge in [0, 0.05) is 44.5 Å². The molecular weight excluding hydrogens is 342 g/mol. The Balaban J connectivity index is 1.56. The quantitative estimate of drug-likeness (QED) is 0.600. The van der Waals surface area contributed by atoms with Crippen LogP contribution in [0.25, 0.3) is 0 Å². The topological polar surface area (TPSA) is 71.0 Å². The minimum atomic E-state index is 0.317. The molecular formula is C20H27N5O2. The maximum atomic E-state index is 5.49. The standard InChI is InChI=1S/C20H27N5O2/c1-21-20(23-13-15-7-6-11-22-19(15)27-3)24-16-10-12-25(14-16)17-8-4-5-9-18(17)26-2/h4-9,11,16H,10,12-14H2,1-3H3,(H2,21,23,24). The van der Waals surface area contributed by atoms with Gasteiger partial charge in [0.05, 0.1) is 19.9 Å². The molecule has 2 N–H and O–H groups in total. The highest BCUT2D eigenvalue weighted by Crippen LogP contribution is 2.30. The van der Waals surface area contributed by atoms with Gasteiger partial charge in [-0.3, -0.25) is 4.99 Å². The Morgan fingerprint density at radius 2 is 2.07 bits per heavy atom. The van der Waals surface area contributed by atoms with Gasteiger partial charge in [-0.2, -0.15) is 0 Å². The van der Waals surface area contributed by atoms with Crippen molar-refractivity contribution in [1.29, 1.82) is 0 Å². The molecule has 1 atom stereocenters. The van der Waals surface area contributed by atoms with Crippen LogP contribution in [0.5, 0.6) is 11.6 Å². The van der Waals surface area contributed by atoms with Crippen molar-refractivity contribution in [1.82, 2.24) is 15.6 Å². The minimum Gasteiger partial charge on any atom is -0.495 e. The molecule has 1 unspecified atom stereocenters. The zero-order valence-corrected chi connectivity index (χ0v) is 16.1. The van der Waals surface area contributed by atoms with Crippen molar-refractivity contribution in [3.8, 4) is 11.6 Å². The summed E-state index contributed by atoms with van der Waals surface area (Å²) in [6.07, 6.45) is 2.76. The second-order valence-corrected chi connectivity index (χ2v) is 6.35. The normalized spacial score (nSPS) is 16.9. The van der Waals surface area contributed by atoms with E-state index in [0.717, 1.165) is 42.5 Å². The molecule has 1 aromatic carbocycles. The van der Waals surface area contributed by atoms with E-state index in [2.05, 4.69) is 31.6 Å². The molecule has 0 radical (unpaired) electrons. The van der Waals surface area contributed by atoms with Crippen molar-refractivity contribution in [3.63, 3.8) is 0 Å². The smallest absolute Gasteiger partial charge is 0.218 e. The van der Waals surface area contributed by atoms with Crippen LogP contribution in [-0.2, 0) is 6.54 Å². The number of hydrogen-bond donors (Lipinski definition) is 2. The summed E-state index contributed by atoms with van der Waals surface area (Å²) in [6, 6.07) is 12.3. The fourth-order valence-electron chi connectivity index (χ4n) is 3.30. The maximum absolute atomic E-state index is 5.49. The summed E-state index contributed by atoms with van der Waals surface area (Å²) in [5.41, 5.74) is 2.12. The summed E-state index contributed by atoms with van der Waals surface area (Å²) in [4.78, 5) is 10.9. The highest BCUT2D eigenvalue weighted by Gasteiger charge is 2.25. The zero-order chi connectivity index (χ0) is 19.1. The van der Waals surface area contributed by atoms with Crippen LogP contribution < -0.4 is 25.0 Å². The molecule has 144 valence electrons. The van der Waals surface area contributed by atoms with Crippen LogP contribution in [0, 0.1) is 0 Å². The van der Waals surface area contributed by atoms with Crippen molar-refractivity contribution in [2.45, 2.75) is 19.0 Å². The average Bonchev–Trinajstić information content (AvgIpc) is 3.19. The third-order valence-corrected chi connectivity index (χ3v) is 4.67. The van der Waals surface area contributed by atoms with Gasteiger partial charge in [-0.05, 0) is 24.6 Å². The third-order valence-electron chi connectivity index (χ3n) is 4.67. The van der Waals surface area contributed by atoms with E-state index in [9.17, 15) is 0 Å². The van der Waals surface area contributed by atoms with E-state index in [1.165, 1.54) is 0 Å². The van der Waals surface area contributed by atoms with E-state index in [1.807, 2.05) is 30.3 Å². The first-order valence-corrected chi connectivity index (χ1v) is 9.08. The van der Waals surface area contributed by atoms with Crippen molar-refractivity contribution in [3.05, 3.63) is 48.2 Å². The van der Waals surface area contributed by atoms with Crippen LogP contribution in [0.15, 0.2) is 47.6 Å². The molecule has 27 heavy (non-hydrogen) atoms. The molecule has 7 heteroatoms. The Labute approximate surface area is 160 Å². The Hall–Kier alpha value is -2.96. The molecule has 1 aliphatic rings. The predicted octanol–water partition coefficient (Wildman–Crippen LogP) is 2.04. The van der Waals surface area contributed by atoms with Crippen LogP contribution in [0.1, 0.15) is 12.0 Å². The summed E-state index contributed by atoms with van der Waals surface area (Å²) < 4.78 is 10.8. The number of guanidine groups is 1. The fourth-order valence-corrected chi connectivity index (χ4v) is 3.30. The highest BCUT2D eigenvalue weighted by atomic mass is 16.5. The van der Waals surface area contributed by atoms with Gasteiger partial charge in [0.25, 0.3) is 0 Å². The molecule has 3 rings (SSSR count). The van der Waals surface area contributed by atoms with Gasteiger partial charge < -0.3 is 25.0 Å². The van der Waals surface area contributed by atoms with Gasteiger partial charge in [0.15, 0.2) is 5.96 Å². The zero-order valence-electron chi connectivity index (χ0n) is 16.1. The molecule has 1 aromatic heterocycles. The molecule has 0 bridgehead atoms. The van der Waals surface area contributed by atoms with E-state index >= 15 is 0 Å². The molecule has 1 fully saturated rings. The van der Waals surface area contributed by atoms with Crippen molar-refractivity contribution >= 4 is 11.6 Å². The Bertz CT molecular complexity index is 780. The number of nitrogens with one attached hydrogen (secondary N) is 2. The lowest BCUT2D eigenvalue weighted by Crippen LogP contribution is -2.44. The SMILES string of the molecule is CN=C(NCc1cccnc1OC)NC1CCN(c2ccccc2OC)C1. The lowest BCUT2D eigenvalue weighted by molar-refractivity contribution is 0.392. The molecule has 0 amide bonds. The van der Waals surface area contributed by atoms with Crippen LogP contribution in [-0.4, -0.2) is 51.3 Å². The third kappa shape index (κ3) is 4.61. The molecule has 7 nitrogen and oxygen atoms in total. The summed E-state index contributed by atoms with van der Waals surface area (Å²) >= 11 is 0. The number of ether oxygens (including phenoxy) is 2. The van der Waals surface area contributed by atoms with Gasteiger partial charge in [0.1, 0.15) is 5.75 Å². The summed E-state index contributed by atoms with van der Waals surface area (Å²) in [5.74, 6) is 2.31. The van der Waals surface area contributed by atoms with E-state index in [0.29, 0.717) is 18.5 Å². The number of hydrogen-bond acceptors (Lipinski definition) is 5. The lowest BCUT2D eigenvalue weighted by Gasteiger charge is -2.22. The van der Waals surface area contributed by atoms with Crippen LogP contribution in [0.4, 0.5) is 5.69 Å². The van der Waals surface area contributed by atoms with E-state index < -0.39 is 0 Å². The average molecular weight is 369 g/mol.